The fourth-order valence-electron chi connectivity index (χ4n) is 7.33. The minimum Gasteiger partial charge on any atom is -0.393 e. The van der Waals surface area contributed by atoms with Gasteiger partial charge in [-0.15, -0.1) is 89.5 Å². The molecule has 0 aliphatic carbocycles. The number of halogens is 4. The van der Waals surface area contributed by atoms with Crippen LogP contribution in [-0.4, -0.2) is 112 Å². The minimum absolute atomic E-state index is 0. The molecular formula is C62H66F4N7O8Pt3-3. The van der Waals surface area contributed by atoms with Gasteiger partial charge in [0.1, 0.15) is 0 Å². The zero-order valence-electron chi connectivity index (χ0n) is 47.3. The SMILES string of the molecule is CC(O)CC(C)O.CC(O)CC(C)O.COC(O)CC(O)OC.Cc1nc2ccccc2nc1-c1[c-]cc(C#N)cc1.Cc1nc2ccccc2nc1-c1[c-]cc(C(F)(F)F)cc1.Cc1nc2ccccc2nc1-c1[c-]cc(F)cc1.[Pt].[Pt].[Pt]. The number of hydrogen-bond acceptors (Lipinski definition) is 15. The molecule has 0 saturated heterocycles. The summed E-state index contributed by atoms with van der Waals surface area (Å²) in [5.74, 6) is -0.301. The van der Waals surface area contributed by atoms with Gasteiger partial charge >= 0.3 is 6.18 Å². The van der Waals surface area contributed by atoms with Crippen LogP contribution < -0.4 is 0 Å². The molecule has 0 spiro atoms. The van der Waals surface area contributed by atoms with Crippen molar-refractivity contribution in [2.45, 2.75) is 111 Å². The predicted molar refractivity (Wildman–Crippen MR) is 302 cm³/mol. The molecule has 6 N–H and O–H groups in total. The van der Waals surface area contributed by atoms with E-state index in [0.717, 1.165) is 73.6 Å². The fraction of sp³-hybridized carbons (Fsp3) is 0.306. The van der Waals surface area contributed by atoms with E-state index in [1.807, 2.05) is 92.7 Å². The number of aliphatic hydroxyl groups is 6. The van der Waals surface area contributed by atoms with Gasteiger partial charge in [-0.3, -0.25) is 34.3 Å². The van der Waals surface area contributed by atoms with Gasteiger partial charge in [-0.1, -0.05) is 36.4 Å². The maximum absolute atomic E-state index is 12.9. The summed E-state index contributed by atoms with van der Waals surface area (Å²) in [5.41, 5.74) is 11.3. The predicted octanol–water partition coefficient (Wildman–Crippen LogP) is 10.8. The third kappa shape index (κ3) is 25.9. The number of alkyl halides is 3. The summed E-state index contributed by atoms with van der Waals surface area (Å²) in [4.78, 5) is 27.1. The number of para-hydroxylation sites is 6. The maximum Gasteiger partial charge on any atom is 0.381 e. The van der Waals surface area contributed by atoms with Gasteiger partial charge in [0.05, 0.1) is 57.5 Å². The molecule has 6 atom stereocenters. The number of aryl methyl sites for hydroxylation is 3. The van der Waals surface area contributed by atoms with E-state index in [4.69, 9.17) is 35.9 Å². The summed E-state index contributed by atoms with van der Waals surface area (Å²) in [5, 5.41) is 60.4. The van der Waals surface area contributed by atoms with Gasteiger partial charge in [0, 0.05) is 130 Å². The van der Waals surface area contributed by atoms with Crippen LogP contribution in [0.5, 0.6) is 0 Å². The van der Waals surface area contributed by atoms with Gasteiger partial charge in [-0.25, -0.2) is 5.26 Å². The second-order valence-corrected chi connectivity index (χ2v) is 18.4. The second kappa shape index (κ2) is 38.4. The molecule has 3 aromatic heterocycles. The van der Waals surface area contributed by atoms with Crippen molar-refractivity contribution >= 4 is 33.1 Å². The molecule has 0 aliphatic heterocycles. The fourth-order valence-corrected chi connectivity index (χ4v) is 7.33. The number of nitriles is 1. The van der Waals surface area contributed by atoms with Crippen LogP contribution in [0.1, 0.15) is 75.2 Å². The van der Waals surface area contributed by atoms with E-state index in [0.29, 0.717) is 40.9 Å². The van der Waals surface area contributed by atoms with Crippen molar-refractivity contribution in [1.82, 2.24) is 29.9 Å². The summed E-state index contributed by atoms with van der Waals surface area (Å²) in [6, 6.07) is 46.5. The third-order valence-electron chi connectivity index (χ3n) is 11.2. The molecule has 0 fully saturated rings. The number of fused-ring (bicyclic) bond motifs is 3. The molecule has 9 aromatic rings. The molecule has 0 aliphatic rings. The van der Waals surface area contributed by atoms with Gasteiger partial charge in [0.15, 0.2) is 12.6 Å². The number of benzene rings is 6. The molecule has 15 nitrogen and oxygen atoms in total. The Balaban J connectivity index is 0.000000527. The van der Waals surface area contributed by atoms with Crippen LogP contribution >= 0.6 is 0 Å². The molecule has 0 radical (unpaired) electrons. The van der Waals surface area contributed by atoms with E-state index in [9.17, 15) is 17.6 Å². The molecule has 6 aromatic carbocycles. The molecule has 9 rings (SSSR count). The van der Waals surface area contributed by atoms with E-state index in [-0.39, 0.29) is 99.8 Å². The van der Waals surface area contributed by atoms with Crippen molar-refractivity contribution in [3.63, 3.8) is 0 Å². The Morgan fingerprint density at radius 2 is 0.774 bits per heavy atom. The van der Waals surface area contributed by atoms with Crippen molar-refractivity contribution in [3.05, 3.63) is 180 Å². The number of rotatable bonds is 11. The largest absolute Gasteiger partial charge is 0.393 e. The standard InChI is InChI=1S/C16H10F3N2.C16H10N3.C15H10FN2.C5H12O4.2C5H12O2.3Pt/c1-10-15(21-14-5-3-2-4-13(14)20-10)11-6-8-12(9-7-11)16(17,18)19;1-11-16(13-8-6-12(10-17)7-9-13)19-15-5-3-2-4-14(15)18-11;1-10-15(11-6-8-12(16)9-7-11)18-14-5-3-2-4-13(14)17-10;1-8-4(6)3-5(7)9-2;2*1-4(6)3-5(2)7;;;/h2-6,8-9H,1H3;2-8H,1H3;2-6,8-9H,1H3;4-7H,3H2,1-2H3;2*4-7H,3H2,1-2H3;;;/q3*-1;;;;;;. The monoisotopic (exact) mass is 1700 g/mol. The number of nitrogens with zero attached hydrogens (tertiary/aromatic N) is 7. The van der Waals surface area contributed by atoms with E-state index in [1.54, 1.807) is 52.8 Å². The maximum atomic E-state index is 12.9. The zero-order valence-corrected chi connectivity index (χ0v) is 54.1. The van der Waals surface area contributed by atoms with Crippen molar-refractivity contribution in [3.8, 4) is 39.8 Å². The Labute approximate surface area is 530 Å². The van der Waals surface area contributed by atoms with Gasteiger partial charge in [0.2, 0.25) is 0 Å². The first-order chi connectivity index (χ1) is 38.4. The summed E-state index contributed by atoms with van der Waals surface area (Å²) >= 11 is 0. The van der Waals surface area contributed by atoms with Crippen LogP contribution in [0.25, 0.3) is 66.9 Å². The smallest absolute Gasteiger partial charge is 0.381 e. The Morgan fingerprint density at radius 1 is 0.464 bits per heavy atom. The van der Waals surface area contributed by atoms with Crippen LogP contribution in [0.2, 0.25) is 0 Å². The molecule has 3 heterocycles. The Kier molecular flexibility index (Phi) is 34.9. The number of methoxy groups -OCH3 is 2. The average molecular weight is 1700 g/mol. The first kappa shape index (κ1) is 76.3. The van der Waals surface area contributed by atoms with Crippen LogP contribution in [0, 0.1) is 56.1 Å². The molecule has 22 heteroatoms. The molecule has 458 valence electrons. The second-order valence-electron chi connectivity index (χ2n) is 18.4. The molecule has 84 heavy (non-hydrogen) atoms. The number of aliphatic hydroxyl groups excluding tert-OH is 6. The minimum atomic E-state index is -4.36. The topological polar surface area (TPSA) is 241 Å². The normalized spacial score (nSPS) is 12.6. The average Bonchev–Trinajstić information content (AvgIpc) is 3.48. The first-order valence-corrected chi connectivity index (χ1v) is 25.5. The quantitative estimate of drug-likeness (QED) is 0.0401. The summed E-state index contributed by atoms with van der Waals surface area (Å²) in [6.07, 6.45) is -6.73. The van der Waals surface area contributed by atoms with Gasteiger partial charge in [0.25, 0.3) is 0 Å². The van der Waals surface area contributed by atoms with Crippen LogP contribution in [0.3, 0.4) is 0 Å². The van der Waals surface area contributed by atoms with Crippen LogP contribution in [-0.2, 0) is 78.8 Å². The van der Waals surface area contributed by atoms with Gasteiger partial charge in [-0.2, -0.15) is 13.2 Å². The van der Waals surface area contributed by atoms with E-state index < -0.39 is 24.3 Å². The summed E-state index contributed by atoms with van der Waals surface area (Å²) < 4.78 is 59.4. The van der Waals surface area contributed by atoms with Gasteiger partial charge in [-0.05, 0) is 109 Å². The summed E-state index contributed by atoms with van der Waals surface area (Å²) in [6.45, 7) is 12.2. The van der Waals surface area contributed by atoms with Crippen LogP contribution in [0.15, 0.2) is 127 Å². The molecular weight excluding hydrogens is 1630 g/mol. The third-order valence-corrected chi connectivity index (χ3v) is 11.2. The number of aromatic nitrogens is 6. The molecule has 0 saturated carbocycles. The zero-order chi connectivity index (χ0) is 59.8. The van der Waals surface area contributed by atoms with Crippen molar-refractivity contribution in [1.29, 1.82) is 5.26 Å². The van der Waals surface area contributed by atoms with Crippen molar-refractivity contribution < 1.29 is 121 Å². The summed E-state index contributed by atoms with van der Waals surface area (Å²) in [7, 11) is 2.71. The number of ether oxygens (including phenoxy) is 2. The first-order valence-electron chi connectivity index (χ1n) is 25.5. The molecule has 0 amide bonds. The Bertz CT molecular complexity index is 3370. The van der Waals surface area contributed by atoms with Gasteiger partial charge < -0.3 is 40.1 Å². The molecule has 6 unspecified atom stereocenters. The van der Waals surface area contributed by atoms with E-state index in [1.165, 1.54) is 32.4 Å². The van der Waals surface area contributed by atoms with E-state index >= 15 is 0 Å². The van der Waals surface area contributed by atoms with Crippen molar-refractivity contribution in [2.24, 2.45) is 0 Å². The number of hydrogen-bond donors (Lipinski definition) is 6. The van der Waals surface area contributed by atoms with Crippen molar-refractivity contribution in [2.75, 3.05) is 14.2 Å². The van der Waals surface area contributed by atoms with Crippen LogP contribution in [0.4, 0.5) is 17.6 Å². The van der Waals surface area contributed by atoms with E-state index in [2.05, 4.69) is 63.6 Å². The Morgan fingerprint density at radius 3 is 1.01 bits per heavy atom. The molecule has 0 bridgehead atoms. The Hall–Kier alpha value is -5.71.